The van der Waals surface area contributed by atoms with Crippen LogP contribution in [0.5, 0.6) is 5.75 Å². The minimum absolute atomic E-state index is 0.0180. The van der Waals surface area contributed by atoms with Crippen LogP contribution < -0.4 is 15.0 Å². The van der Waals surface area contributed by atoms with Gasteiger partial charge in [-0.25, -0.2) is 4.98 Å². The molecule has 1 unspecified atom stereocenters. The number of hydrogen-bond donors (Lipinski definition) is 3. The van der Waals surface area contributed by atoms with E-state index >= 15 is 0 Å². The summed E-state index contributed by atoms with van der Waals surface area (Å²) in [6, 6.07) is 15.1. The van der Waals surface area contributed by atoms with Crippen molar-refractivity contribution in [1.29, 1.82) is 0 Å². The number of aliphatic hydroxyl groups is 1. The number of nitrogens with one attached hydrogen (secondary N) is 2. The van der Waals surface area contributed by atoms with Gasteiger partial charge in [0.2, 0.25) is 5.82 Å². The molecule has 0 radical (unpaired) electrons. The maximum atomic E-state index is 12.7. The molecule has 2 amide bonds. The van der Waals surface area contributed by atoms with Gasteiger partial charge in [0, 0.05) is 7.05 Å². The Hall–Kier alpha value is -3.72. The van der Waals surface area contributed by atoms with Crippen molar-refractivity contribution < 1.29 is 19.4 Å². The lowest BCUT2D eigenvalue weighted by atomic mass is 10.1. The Balaban J connectivity index is 1.47. The molecule has 0 saturated carbocycles. The van der Waals surface area contributed by atoms with Gasteiger partial charge >= 0.3 is 0 Å². The van der Waals surface area contributed by atoms with Crippen molar-refractivity contribution in [3.63, 3.8) is 0 Å². The SMILES string of the molecule is CN1C(=O)[C@@H](NC(=O)c2n[nH]c(C(O)c3ccccc3)n2)COc2ccccc21. The van der Waals surface area contributed by atoms with Gasteiger partial charge in [0.25, 0.3) is 11.8 Å². The summed E-state index contributed by atoms with van der Waals surface area (Å²) in [7, 11) is 1.62. The van der Waals surface area contributed by atoms with E-state index in [1.165, 1.54) is 4.90 Å². The number of rotatable bonds is 4. The topological polar surface area (TPSA) is 120 Å². The number of H-pyrrole nitrogens is 1. The van der Waals surface area contributed by atoms with Crippen LogP contribution in [-0.2, 0) is 4.79 Å². The molecule has 4 rings (SSSR count). The standard InChI is InChI=1S/C20H19N5O4/c1-25-14-9-5-6-10-15(14)29-11-13(20(25)28)21-19(27)18-22-17(23-24-18)16(26)12-7-3-2-4-8-12/h2-10,13,16,26H,11H2,1H3,(H,21,27)(H,22,23,24)/t13-,16?/m0/s1. The third kappa shape index (κ3) is 3.67. The predicted octanol–water partition coefficient (Wildman–Crippen LogP) is 1.04. The Morgan fingerprint density at radius 2 is 1.97 bits per heavy atom. The van der Waals surface area contributed by atoms with Crippen LogP contribution in [0.25, 0.3) is 0 Å². The number of carbonyl (C=O) groups is 2. The first kappa shape index (κ1) is 18.6. The Labute approximate surface area is 166 Å². The molecule has 1 aliphatic rings. The summed E-state index contributed by atoms with van der Waals surface area (Å²) in [5, 5.41) is 19.4. The molecule has 9 nitrogen and oxygen atoms in total. The third-order valence-electron chi connectivity index (χ3n) is 4.65. The van der Waals surface area contributed by atoms with Gasteiger partial charge in [-0.05, 0) is 17.7 Å². The predicted molar refractivity (Wildman–Crippen MR) is 103 cm³/mol. The van der Waals surface area contributed by atoms with E-state index in [1.807, 2.05) is 12.1 Å². The summed E-state index contributed by atoms with van der Waals surface area (Å²) >= 11 is 0. The first-order valence-corrected chi connectivity index (χ1v) is 9.00. The summed E-state index contributed by atoms with van der Waals surface area (Å²) < 4.78 is 5.67. The molecule has 0 spiro atoms. The highest BCUT2D eigenvalue weighted by molar-refractivity contribution is 6.02. The van der Waals surface area contributed by atoms with Gasteiger partial charge in [-0.3, -0.25) is 14.7 Å². The molecule has 1 aliphatic heterocycles. The zero-order chi connectivity index (χ0) is 20.4. The molecule has 2 atom stereocenters. The Bertz CT molecular complexity index is 1040. The Kier molecular flexibility index (Phi) is 4.96. The molecule has 2 heterocycles. The van der Waals surface area contributed by atoms with Crippen molar-refractivity contribution in [2.24, 2.45) is 0 Å². The maximum Gasteiger partial charge on any atom is 0.291 e. The minimum Gasteiger partial charge on any atom is -0.489 e. The summed E-state index contributed by atoms with van der Waals surface area (Å²) in [5.41, 5.74) is 1.24. The summed E-state index contributed by atoms with van der Waals surface area (Å²) in [6.07, 6.45) is -1.05. The van der Waals surface area contributed by atoms with Crippen LogP contribution in [0, 0.1) is 0 Å². The monoisotopic (exact) mass is 393 g/mol. The second-order valence-corrected chi connectivity index (χ2v) is 6.56. The van der Waals surface area contributed by atoms with Gasteiger partial charge < -0.3 is 20.1 Å². The molecule has 0 aliphatic carbocycles. The average Bonchev–Trinajstić information content (AvgIpc) is 3.22. The number of para-hydroxylation sites is 2. The molecular formula is C20H19N5O4. The first-order valence-electron chi connectivity index (χ1n) is 9.00. The van der Waals surface area contributed by atoms with Crippen LogP contribution in [0.3, 0.4) is 0 Å². The van der Waals surface area contributed by atoms with Crippen LogP contribution in [0.4, 0.5) is 5.69 Å². The van der Waals surface area contributed by atoms with Crippen molar-refractivity contribution in [2.75, 3.05) is 18.6 Å². The van der Waals surface area contributed by atoms with Gasteiger partial charge in [0.1, 0.15) is 24.5 Å². The molecular weight excluding hydrogens is 374 g/mol. The van der Waals surface area contributed by atoms with Crippen LogP contribution in [-0.4, -0.2) is 51.8 Å². The first-order chi connectivity index (χ1) is 14.0. The second kappa shape index (κ2) is 7.72. The molecule has 29 heavy (non-hydrogen) atoms. The number of fused-ring (bicyclic) bond motifs is 1. The molecule has 9 heteroatoms. The van der Waals surface area contributed by atoms with Crippen molar-refractivity contribution in [3.05, 3.63) is 71.8 Å². The molecule has 0 fully saturated rings. The maximum absolute atomic E-state index is 12.7. The molecule has 2 aromatic carbocycles. The van der Waals surface area contributed by atoms with E-state index in [0.29, 0.717) is 17.0 Å². The van der Waals surface area contributed by atoms with E-state index in [2.05, 4.69) is 20.5 Å². The number of benzene rings is 2. The van der Waals surface area contributed by atoms with Gasteiger partial charge in [-0.2, -0.15) is 0 Å². The number of aliphatic hydroxyl groups excluding tert-OH is 1. The van der Waals surface area contributed by atoms with Crippen molar-refractivity contribution >= 4 is 17.5 Å². The number of aromatic amines is 1. The highest BCUT2D eigenvalue weighted by Gasteiger charge is 2.31. The third-order valence-corrected chi connectivity index (χ3v) is 4.65. The van der Waals surface area contributed by atoms with E-state index in [-0.39, 0.29) is 24.2 Å². The van der Waals surface area contributed by atoms with Crippen molar-refractivity contribution in [2.45, 2.75) is 12.1 Å². The van der Waals surface area contributed by atoms with Crippen molar-refractivity contribution in [1.82, 2.24) is 20.5 Å². The number of carbonyl (C=O) groups excluding carboxylic acids is 2. The highest BCUT2D eigenvalue weighted by atomic mass is 16.5. The van der Waals surface area contributed by atoms with E-state index in [1.54, 1.807) is 49.5 Å². The number of aromatic nitrogens is 3. The zero-order valence-electron chi connectivity index (χ0n) is 15.6. The highest BCUT2D eigenvalue weighted by Crippen LogP contribution is 2.29. The van der Waals surface area contributed by atoms with Gasteiger partial charge in [0.15, 0.2) is 5.82 Å². The van der Waals surface area contributed by atoms with E-state index < -0.39 is 18.1 Å². The lowest BCUT2D eigenvalue weighted by molar-refractivity contribution is -0.120. The van der Waals surface area contributed by atoms with Crippen LogP contribution in [0.2, 0.25) is 0 Å². The van der Waals surface area contributed by atoms with Crippen LogP contribution >= 0.6 is 0 Å². The van der Waals surface area contributed by atoms with E-state index in [9.17, 15) is 14.7 Å². The smallest absolute Gasteiger partial charge is 0.291 e. The normalized spacial score (nSPS) is 17.1. The fourth-order valence-electron chi connectivity index (χ4n) is 3.07. The van der Waals surface area contributed by atoms with Gasteiger partial charge in [-0.15, -0.1) is 5.10 Å². The number of amides is 2. The second-order valence-electron chi connectivity index (χ2n) is 6.56. The largest absolute Gasteiger partial charge is 0.489 e. The van der Waals surface area contributed by atoms with E-state index in [0.717, 1.165) is 0 Å². The lowest BCUT2D eigenvalue weighted by Crippen LogP contribution is -2.49. The lowest BCUT2D eigenvalue weighted by Gasteiger charge is -2.19. The number of anilines is 1. The van der Waals surface area contributed by atoms with Gasteiger partial charge in [-0.1, -0.05) is 42.5 Å². The number of likely N-dealkylation sites (N-methyl/N-ethyl adjacent to an activating group) is 1. The fraction of sp³-hybridized carbons (Fsp3) is 0.200. The molecule has 0 saturated heterocycles. The summed E-state index contributed by atoms with van der Waals surface area (Å²) in [6.45, 7) is -0.0180. The quantitative estimate of drug-likeness (QED) is 0.609. The molecule has 3 N–H and O–H groups in total. The van der Waals surface area contributed by atoms with E-state index in [4.69, 9.17) is 4.74 Å². The number of hydrogen-bond acceptors (Lipinski definition) is 6. The van der Waals surface area contributed by atoms with Crippen LogP contribution in [0.15, 0.2) is 54.6 Å². The summed E-state index contributed by atoms with van der Waals surface area (Å²) in [5.74, 6) is -0.440. The molecule has 3 aromatic rings. The Morgan fingerprint density at radius 3 is 2.76 bits per heavy atom. The number of ether oxygens (including phenoxy) is 1. The van der Waals surface area contributed by atoms with Gasteiger partial charge in [0.05, 0.1) is 5.69 Å². The fourth-order valence-corrected chi connectivity index (χ4v) is 3.07. The molecule has 1 aromatic heterocycles. The molecule has 0 bridgehead atoms. The summed E-state index contributed by atoms with van der Waals surface area (Å²) in [4.78, 5) is 30.8. The van der Waals surface area contributed by atoms with Crippen LogP contribution in [0.1, 0.15) is 28.1 Å². The number of nitrogens with zero attached hydrogens (tertiary/aromatic N) is 3. The average molecular weight is 393 g/mol. The zero-order valence-corrected chi connectivity index (χ0v) is 15.6. The van der Waals surface area contributed by atoms with Crippen molar-refractivity contribution in [3.8, 4) is 5.75 Å². The minimum atomic E-state index is -1.05. The molecule has 148 valence electrons. The Morgan fingerprint density at radius 1 is 1.24 bits per heavy atom.